The van der Waals surface area contributed by atoms with Gasteiger partial charge in [0.25, 0.3) is 0 Å². The highest BCUT2D eigenvalue weighted by molar-refractivity contribution is 7.55. The summed E-state index contributed by atoms with van der Waals surface area (Å²) in [5, 5.41) is 8.44. The Bertz CT molecular complexity index is 302. The van der Waals surface area contributed by atoms with Gasteiger partial charge in [0.1, 0.15) is 6.04 Å². The van der Waals surface area contributed by atoms with Crippen molar-refractivity contribution >= 4 is 13.6 Å². The van der Waals surface area contributed by atoms with Gasteiger partial charge in [-0.3, -0.25) is 9.36 Å². The molecule has 17 heavy (non-hydrogen) atoms. The molecule has 0 saturated carbocycles. The Labute approximate surface area is 97.6 Å². The summed E-state index contributed by atoms with van der Waals surface area (Å²) in [6, 6.07) is -1.83. The number of alkyl halides is 2. The van der Waals surface area contributed by atoms with Crippen molar-refractivity contribution < 1.29 is 32.3 Å². The van der Waals surface area contributed by atoms with Crippen LogP contribution in [0.3, 0.4) is 0 Å². The molecule has 6 nitrogen and oxygen atoms in total. The van der Waals surface area contributed by atoms with Crippen molar-refractivity contribution in [2.75, 3.05) is 13.2 Å². The molecule has 0 aliphatic rings. The third-order valence-electron chi connectivity index (χ3n) is 1.78. The Morgan fingerprint density at radius 2 is 1.82 bits per heavy atom. The molecule has 0 aromatic carbocycles. The largest absolute Gasteiger partial charge is 0.480 e. The standard InChI is InChI=1S/C8H16F2NO5P/c1-3-15-17(14,16-4-2)8(9,10)5-6(11)7(12)13/h6H,3-5,11H2,1-2H3,(H,12,13)/t6-/m0/s1. The van der Waals surface area contributed by atoms with Gasteiger partial charge in [0.15, 0.2) is 0 Å². The summed E-state index contributed by atoms with van der Waals surface area (Å²) < 4.78 is 47.9. The van der Waals surface area contributed by atoms with Gasteiger partial charge in [-0.15, -0.1) is 0 Å². The van der Waals surface area contributed by atoms with Crippen LogP contribution in [0.2, 0.25) is 0 Å². The molecule has 0 aromatic rings. The molecule has 1 atom stereocenters. The lowest BCUT2D eigenvalue weighted by Gasteiger charge is -2.26. The predicted molar refractivity (Wildman–Crippen MR) is 56.0 cm³/mol. The first-order valence-corrected chi connectivity index (χ1v) is 6.50. The third kappa shape index (κ3) is 4.31. The maximum Gasteiger partial charge on any atom is 0.399 e. The van der Waals surface area contributed by atoms with Gasteiger partial charge in [0.2, 0.25) is 0 Å². The summed E-state index contributed by atoms with van der Waals surface area (Å²) >= 11 is 0. The Kier molecular flexibility index (Phi) is 6.18. The second kappa shape index (κ2) is 6.39. The average molecular weight is 275 g/mol. The van der Waals surface area contributed by atoms with E-state index in [9.17, 15) is 18.1 Å². The van der Waals surface area contributed by atoms with Gasteiger partial charge < -0.3 is 19.9 Å². The number of nitrogens with two attached hydrogens (primary N) is 1. The van der Waals surface area contributed by atoms with Crippen LogP contribution in [0.5, 0.6) is 0 Å². The molecule has 0 unspecified atom stereocenters. The van der Waals surface area contributed by atoms with E-state index in [4.69, 9.17) is 10.8 Å². The minimum absolute atomic E-state index is 0.241. The van der Waals surface area contributed by atoms with Crippen LogP contribution in [0.4, 0.5) is 8.78 Å². The van der Waals surface area contributed by atoms with Gasteiger partial charge in [-0.1, -0.05) is 0 Å². The molecule has 0 aromatic heterocycles. The fourth-order valence-corrected chi connectivity index (χ4v) is 2.58. The molecular formula is C8H16F2NO5P. The van der Waals surface area contributed by atoms with Crippen molar-refractivity contribution in [3.8, 4) is 0 Å². The van der Waals surface area contributed by atoms with Crippen LogP contribution < -0.4 is 5.73 Å². The van der Waals surface area contributed by atoms with Gasteiger partial charge >= 0.3 is 19.2 Å². The molecule has 0 bridgehead atoms. The molecular weight excluding hydrogens is 259 g/mol. The highest BCUT2D eigenvalue weighted by Crippen LogP contribution is 2.63. The maximum atomic E-state index is 13.6. The Balaban J connectivity index is 4.95. The number of carbonyl (C=O) groups is 1. The lowest BCUT2D eigenvalue weighted by atomic mass is 10.2. The van der Waals surface area contributed by atoms with Gasteiger partial charge in [-0.25, -0.2) is 0 Å². The van der Waals surface area contributed by atoms with Crippen LogP contribution in [0, 0.1) is 0 Å². The first kappa shape index (κ1) is 16.4. The summed E-state index contributed by atoms with van der Waals surface area (Å²) in [6.45, 7) is 2.27. The summed E-state index contributed by atoms with van der Waals surface area (Å²) in [5.74, 6) is -1.61. The van der Waals surface area contributed by atoms with E-state index >= 15 is 0 Å². The van der Waals surface area contributed by atoms with E-state index in [0.717, 1.165) is 0 Å². The summed E-state index contributed by atoms with van der Waals surface area (Å²) in [7, 11) is -4.69. The molecule has 0 rings (SSSR count). The lowest BCUT2D eigenvalue weighted by Crippen LogP contribution is -2.37. The van der Waals surface area contributed by atoms with Gasteiger partial charge in [-0.2, -0.15) is 8.78 Å². The summed E-state index contributed by atoms with van der Waals surface area (Å²) in [6.07, 6.45) is -1.31. The van der Waals surface area contributed by atoms with Crippen LogP contribution >= 0.6 is 7.60 Å². The Morgan fingerprint density at radius 1 is 1.41 bits per heavy atom. The molecule has 3 N–H and O–H groups in total. The monoisotopic (exact) mass is 275 g/mol. The third-order valence-corrected chi connectivity index (χ3v) is 3.96. The smallest absolute Gasteiger partial charge is 0.399 e. The van der Waals surface area contributed by atoms with Crippen molar-refractivity contribution in [3.63, 3.8) is 0 Å². The van der Waals surface area contributed by atoms with Gasteiger partial charge in [0, 0.05) is 6.42 Å². The van der Waals surface area contributed by atoms with E-state index in [1.807, 2.05) is 0 Å². The molecule has 0 saturated heterocycles. The van der Waals surface area contributed by atoms with Crippen LogP contribution in [-0.2, 0) is 18.4 Å². The molecule has 0 fully saturated rings. The Hall–Kier alpha value is -0.560. The molecule has 9 heteroatoms. The van der Waals surface area contributed by atoms with E-state index in [2.05, 4.69) is 9.05 Å². The van der Waals surface area contributed by atoms with E-state index in [0.29, 0.717) is 0 Å². The zero-order valence-corrected chi connectivity index (χ0v) is 10.5. The molecule has 0 heterocycles. The van der Waals surface area contributed by atoms with Crippen molar-refractivity contribution in [3.05, 3.63) is 0 Å². The fraction of sp³-hybridized carbons (Fsp3) is 0.875. The fourth-order valence-electron chi connectivity index (χ4n) is 1.03. The number of halogens is 2. The van der Waals surface area contributed by atoms with E-state index < -0.39 is 31.7 Å². The lowest BCUT2D eigenvalue weighted by molar-refractivity contribution is -0.140. The zero-order valence-electron chi connectivity index (χ0n) is 9.56. The van der Waals surface area contributed by atoms with Gasteiger partial charge in [0.05, 0.1) is 13.2 Å². The number of carboxylic acid groups (broad SMARTS) is 1. The number of rotatable bonds is 8. The van der Waals surface area contributed by atoms with Gasteiger partial charge in [-0.05, 0) is 13.8 Å². The summed E-state index contributed by atoms with van der Waals surface area (Å²) in [5.41, 5.74) is 1.05. The zero-order chi connectivity index (χ0) is 13.7. The molecule has 0 amide bonds. The minimum atomic E-state index is -4.69. The van der Waals surface area contributed by atoms with Crippen LogP contribution in [0.1, 0.15) is 20.3 Å². The van der Waals surface area contributed by atoms with E-state index in [1.54, 1.807) is 0 Å². The van der Waals surface area contributed by atoms with E-state index in [-0.39, 0.29) is 13.2 Å². The second-order valence-corrected chi connectivity index (χ2v) is 5.31. The number of hydrogen-bond acceptors (Lipinski definition) is 5. The van der Waals surface area contributed by atoms with E-state index in [1.165, 1.54) is 13.8 Å². The summed E-state index contributed by atoms with van der Waals surface area (Å²) in [4.78, 5) is 10.4. The quantitative estimate of drug-likeness (QED) is 0.653. The van der Waals surface area contributed by atoms with Crippen molar-refractivity contribution in [1.29, 1.82) is 0 Å². The SMILES string of the molecule is CCOP(=O)(OCC)C(F)(F)C[C@H](N)C(=O)O. The predicted octanol–water partition coefficient (Wildman–Crippen LogP) is 1.65. The molecule has 0 aliphatic carbocycles. The van der Waals surface area contributed by atoms with Crippen molar-refractivity contribution in [2.24, 2.45) is 5.73 Å². The highest BCUT2D eigenvalue weighted by atomic mass is 31.2. The maximum absolute atomic E-state index is 13.6. The second-order valence-electron chi connectivity index (χ2n) is 3.15. The highest BCUT2D eigenvalue weighted by Gasteiger charge is 2.54. The average Bonchev–Trinajstić information content (AvgIpc) is 2.17. The van der Waals surface area contributed by atoms with Crippen molar-refractivity contribution in [2.45, 2.75) is 32.0 Å². The molecule has 0 spiro atoms. The minimum Gasteiger partial charge on any atom is -0.480 e. The van der Waals surface area contributed by atoms with Crippen LogP contribution in [0.25, 0.3) is 0 Å². The number of carboxylic acids is 1. The normalized spacial score (nSPS) is 14.6. The molecule has 0 radical (unpaired) electrons. The molecule has 0 aliphatic heterocycles. The molecule has 102 valence electrons. The Morgan fingerprint density at radius 3 is 2.12 bits per heavy atom. The van der Waals surface area contributed by atoms with Crippen LogP contribution in [-0.4, -0.2) is 36.0 Å². The van der Waals surface area contributed by atoms with Crippen LogP contribution in [0.15, 0.2) is 0 Å². The topological polar surface area (TPSA) is 98.9 Å². The van der Waals surface area contributed by atoms with Crippen molar-refractivity contribution in [1.82, 2.24) is 0 Å². The first-order valence-electron chi connectivity index (χ1n) is 4.95. The number of hydrogen-bond donors (Lipinski definition) is 2. The number of aliphatic carboxylic acids is 1. The first-order chi connectivity index (χ1) is 7.70.